The van der Waals surface area contributed by atoms with Crippen LogP contribution in [0.25, 0.3) is 0 Å². The van der Waals surface area contributed by atoms with Crippen LogP contribution < -0.4 is 14.4 Å². The van der Waals surface area contributed by atoms with Crippen LogP contribution in [0.5, 0.6) is 5.75 Å². The lowest BCUT2D eigenvalue weighted by atomic mass is 10.3. The van der Waals surface area contributed by atoms with Crippen LogP contribution in [0.15, 0.2) is 77.7 Å². The van der Waals surface area contributed by atoms with Crippen molar-refractivity contribution < 1.29 is 17.9 Å². The second-order valence-corrected chi connectivity index (χ2v) is 9.99. The molecule has 0 aromatic heterocycles. The van der Waals surface area contributed by atoms with E-state index in [1.807, 2.05) is 19.1 Å². The molecule has 1 N–H and O–H groups in total. The van der Waals surface area contributed by atoms with Crippen LogP contribution in [-0.2, 0) is 14.8 Å². The van der Waals surface area contributed by atoms with Crippen molar-refractivity contribution in [2.75, 3.05) is 22.8 Å². The zero-order valence-corrected chi connectivity index (χ0v) is 20.3. The Balaban J connectivity index is 1.92. The molecule has 1 amide bonds. The van der Waals surface area contributed by atoms with Gasteiger partial charge in [-0.15, -0.1) is 0 Å². The van der Waals surface area contributed by atoms with Crippen molar-refractivity contribution in [2.45, 2.75) is 11.8 Å². The van der Waals surface area contributed by atoms with Crippen LogP contribution in [-0.4, -0.2) is 27.5 Å². The summed E-state index contributed by atoms with van der Waals surface area (Å²) in [5, 5.41) is 3.16. The number of ether oxygens (including phenoxy) is 1. The number of benzene rings is 3. The SMILES string of the molecule is CCOc1ccc(N(CC(=O)Nc2ccc(I)cc2)S(=O)(=O)c2ccc(Cl)cc2)cc1. The van der Waals surface area contributed by atoms with Crippen LogP contribution in [0.2, 0.25) is 5.02 Å². The summed E-state index contributed by atoms with van der Waals surface area (Å²) in [5.74, 6) is 0.145. The molecule has 0 atom stereocenters. The second-order valence-electron chi connectivity index (χ2n) is 6.45. The predicted molar refractivity (Wildman–Crippen MR) is 131 cm³/mol. The standard InChI is InChI=1S/C22H20ClIN2O4S/c1-2-30-20-11-9-19(10-12-20)26(31(28,29)21-13-3-16(23)4-14-21)15-22(27)25-18-7-5-17(24)6-8-18/h3-14H,2,15H2,1H3,(H,25,27). The lowest BCUT2D eigenvalue weighted by Gasteiger charge is -2.24. The zero-order chi connectivity index (χ0) is 22.4. The van der Waals surface area contributed by atoms with Gasteiger partial charge in [0.05, 0.1) is 17.2 Å². The van der Waals surface area contributed by atoms with E-state index in [-0.39, 0.29) is 4.90 Å². The number of anilines is 2. The van der Waals surface area contributed by atoms with E-state index in [1.54, 1.807) is 36.4 Å². The summed E-state index contributed by atoms with van der Waals surface area (Å²) >= 11 is 8.07. The molecule has 0 spiro atoms. The number of nitrogens with one attached hydrogen (secondary N) is 1. The van der Waals surface area contributed by atoms with Crippen molar-refractivity contribution in [2.24, 2.45) is 0 Å². The van der Waals surface area contributed by atoms with Gasteiger partial charge < -0.3 is 10.1 Å². The summed E-state index contributed by atoms with van der Waals surface area (Å²) in [6.07, 6.45) is 0. The third-order valence-electron chi connectivity index (χ3n) is 4.25. The van der Waals surface area contributed by atoms with Gasteiger partial charge in [0.2, 0.25) is 5.91 Å². The van der Waals surface area contributed by atoms with Gasteiger partial charge in [-0.25, -0.2) is 8.42 Å². The molecule has 0 aliphatic rings. The highest BCUT2D eigenvalue weighted by Gasteiger charge is 2.27. The number of hydrogen-bond donors (Lipinski definition) is 1. The van der Waals surface area contributed by atoms with Gasteiger partial charge in [0.1, 0.15) is 12.3 Å². The molecule has 0 heterocycles. The van der Waals surface area contributed by atoms with E-state index in [2.05, 4.69) is 27.9 Å². The molecule has 0 bridgehead atoms. The Hall–Kier alpha value is -2.30. The summed E-state index contributed by atoms with van der Waals surface area (Å²) < 4.78 is 34.2. The minimum Gasteiger partial charge on any atom is -0.494 e. The average Bonchev–Trinajstić information content (AvgIpc) is 2.75. The van der Waals surface area contributed by atoms with E-state index in [4.69, 9.17) is 16.3 Å². The first-order valence-corrected chi connectivity index (χ1v) is 12.3. The van der Waals surface area contributed by atoms with Crippen LogP contribution >= 0.6 is 34.2 Å². The molecule has 0 unspecified atom stereocenters. The Kier molecular flexibility index (Phi) is 7.79. The molecule has 3 aromatic carbocycles. The van der Waals surface area contributed by atoms with Crippen LogP contribution in [0.1, 0.15) is 6.92 Å². The molecule has 0 radical (unpaired) electrons. The third-order valence-corrected chi connectivity index (χ3v) is 7.01. The second kappa shape index (κ2) is 10.3. The lowest BCUT2D eigenvalue weighted by molar-refractivity contribution is -0.114. The Morgan fingerprint density at radius 3 is 2.19 bits per heavy atom. The highest BCUT2D eigenvalue weighted by molar-refractivity contribution is 14.1. The zero-order valence-electron chi connectivity index (χ0n) is 16.6. The Morgan fingerprint density at radius 2 is 1.61 bits per heavy atom. The lowest BCUT2D eigenvalue weighted by Crippen LogP contribution is -2.38. The third kappa shape index (κ3) is 6.11. The number of sulfonamides is 1. The van der Waals surface area contributed by atoms with Crippen LogP contribution in [0, 0.1) is 3.57 Å². The number of carbonyl (C=O) groups excluding carboxylic acids is 1. The van der Waals surface area contributed by atoms with Gasteiger partial charge in [0.15, 0.2) is 0 Å². The molecule has 31 heavy (non-hydrogen) atoms. The van der Waals surface area contributed by atoms with E-state index in [1.165, 1.54) is 24.3 Å². The summed E-state index contributed by atoms with van der Waals surface area (Å²) in [4.78, 5) is 12.8. The average molecular weight is 571 g/mol. The first kappa shape index (κ1) is 23.4. The normalized spacial score (nSPS) is 11.1. The molecule has 0 aliphatic heterocycles. The largest absolute Gasteiger partial charge is 0.494 e. The summed E-state index contributed by atoms with van der Waals surface area (Å²) in [6.45, 7) is 1.95. The van der Waals surface area contributed by atoms with Crippen molar-refractivity contribution in [3.05, 3.63) is 81.4 Å². The van der Waals surface area contributed by atoms with Crippen molar-refractivity contribution in [3.8, 4) is 5.75 Å². The van der Waals surface area contributed by atoms with Gasteiger partial charge in [-0.1, -0.05) is 11.6 Å². The van der Waals surface area contributed by atoms with Crippen molar-refractivity contribution in [3.63, 3.8) is 0 Å². The number of hydrogen-bond acceptors (Lipinski definition) is 4. The maximum Gasteiger partial charge on any atom is 0.264 e. The van der Waals surface area contributed by atoms with E-state index >= 15 is 0 Å². The molecule has 3 rings (SSSR count). The van der Waals surface area contributed by atoms with Crippen LogP contribution in [0.3, 0.4) is 0 Å². The summed E-state index contributed by atoms with van der Waals surface area (Å²) in [6, 6.07) is 19.6. The Bertz CT molecular complexity index is 1140. The molecular formula is C22H20ClIN2O4S. The smallest absolute Gasteiger partial charge is 0.264 e. The first-order valence-electron chi connectivity index (χ1n) is 9.36. The van der Waals surface area contributed by atoms with Gasteiger partial charge in [-0.2, -0.15) is 0 Å². The maximum absolute atomic E-state index is 13.4. The van der Waals surface area contributed by atoms with E-state index < -0.39 is 22.5 Å². The van der Waals surface area contributed by atoms with Crippen molar-refractivity contribution in [1.82, 2.24) is 0 Å². The van der Waals surface area contributed by atoms with Gasteiger partial charge >= 0.3 is 0 Å². The minimum atomic E-state index is -4.02. The highest BCUT2D eigenvalue weighted by Crippen LogP contribution is 2.27. The van der Waals surface area contributed by atoms with E-state index in [0.717, 1.165) is 7.88 Å². The number of carbonyl (C=O) groups is 1. The number of nitrogens with zero attached hydrogens (tertiary/aromatic N) is 1. The fourth-order valence-electron chi connectivity index (χ4n) is 2.79. The maximum atomic E-state index is 13.4. The molecular weight excluding hydrogens is 551 g/mol. The summed E-state index contributed by atoms with van der Waals surface area (Å²) in [5.41, 5.74) is 0.928. The highest BCUT2D eigenvalue weighted by atomic mass is 127. The predicted octanol–water partition coefficient (Wildman–Crippen LogP) is 5.18. The molecule has 0 aliphatic carbocycles. The van der Waals surface area contributed by atoms with Crippen LogP contribution in [0.4, 0.5) is 11.4 Å². The monoisotopic (exact) mass is 570 g/mol. The van der Waals surface area contributed by atoms with Gasteiger partial charge in [-0.3, -0.25) is 9.10 Å². The molecule has 9 heteroatoms. The fourth-order valence-corrected chi connectivity index (χ4v) is 4.69. The molecule has 3 aromatic rings. The quantitative estimate of drug-likeness (QED) is 0.379. The molecule has 162 valence electrons. The Labute approximate surface area is 200 Å². The summed E-state index contributed by atoms with van der Waals surface area (Å²) in [7, 11) is -4.02. The van der Waals surface area contributed by atoms with Gasteiger partial charge in [0.25, 0.3) is 10.0 Å². The molecule has 0 saturated carbocycles. The molecule has 0 fully saturated rings. The van der Waals surface area contributed by atoms with Gasteiger partial charge in [-0.05, 0) is 102 Å². The molecule has 6 nitrogen and oxygen atoms in total. The first-order chi connectivity index (χ1) is 14.8. The molecule has 0 saturated heterocycles. The number of rotatable bonds is 8. The van der Waals surface area contributed by atoms with Gasteiger partial charge in [0, 0.05) is 14.3 Å². The fraction of sp³-hybridized carbons (Fsp3) is 0.136. The van der Waals surface area contributed by atoms with Crippen molar-refractivity contribution >= 4 is 61.5 Å². The van der Waals surface area contributed by atoms with E-state index in [0.29, 0.717) is 28.8 Å². The van der Waals surface area contributed by atoms with Crippen molar-refractivity contribution in [1.29, 1.82) is 0 Å². The minimum absolute atomic E-state index is 0.0350. The van der Waals surface area contributed by atoms with E-state index in [9.17, 15) is 13.2 Å². The number of amides is 1. The topological polar surface area (TPSA) is 75.7 Å². The number of halogens is 2. The Morgan fingerprint density at radius 1 is 1.00 bits per heavy atom.